The van der Waals surface area contributed by atoms with Gasteiger partial charge in [-0.05, 0) is 182 Å². The lowest BCUT2D eigenvalue weighted by Gasteiger charge is -2.15. The van der Waals surface area contributed by atoms with Crippen molar-refractivity contribution in [3.63, 3.8) is 0 Å². The average Bonchev–Trinajstić information content (AvgIpc) is 1.66. The molecule has 4 fully saturated rings. The first-order valence-corrected chi connectivity index (χ1v) is 52.7. The van der Waals surface area contributed by atoms with Crippen LogP contribution in [-0.2, 0) is 90.2 Å². The monoisotopic (exact) mass is 2080 g/mol. The van der Waals surface area contributed by atoms with Crippen molar-refractivity contribution in [3.05, 3.63) is 289 Å². The molecule has 15 N–H and O–H groups in total. The fraction of sp³-hybridized carbons (Fsp3) is 0.374. The Bertz CT molecular complexity index is 6620. The number of benzene rings is 3. The second kappa shape index (κ2) is 49.4. The molecule has 4 aliphatic carbocycles. The van der Waals surface area contributed by atoms with Crippen LogP contribution in [0.25, 0.3) is 0 Å². The summed E-state index contributed by atoms with van der Waals surface area (Å²) in [6, 6.07) is 36.3. The van der Waals surface area contributed by atoms with E-state index in [-0.39, 0.29) is 106 Å². The molecule has 0 spiro atoms. The predicted molar refractivity (Wildman–Crippen MR) is 526 cm³/mol. The van der Waals surface area contributed by atoms with E-state index in [2.05, 4.69) is 109 Å². The van der Waals surface area contributed by atoms with Crippen LogP contribution >= 0.6 is 68.5 Å². The Morgan fingerprint density at radius 1 is 0.471 bits per heavy atom. The molecule has 12 aromatic rings. The van der Waals surface area contributed by atoms with Crippen molar-refractivity contribution in [3.8, 4) is 0 Å². The summed E-state index contributed by atoms with van der Waals surface area (Å²) in [5.41, 5.74) is 9.38. The molecule has 0 aliphatic heterocycles. The fourth-order valence-corrected chi connectivity index (χ4v) is 22.2. The first kappa shape index (κ1) is 108. The maximum absolute atomic E-state index is 13.3. The molecule has 0 saturated heterocycles. The van der Waals surface area contributed by atoms with E-state index in [1.807, 2.05) is 107 Å². The van der Waals surface area contributed by atoms with E-state index in [0.29, 0.717) is 139 Å². The standard InChI is InChI=1S/2C23H26N4O5S2.C22H22Cl2N4O5S2.C21H25N5O5S2.2CH4/c1-14(15-5-3-2-4-6-15)17-8-21(33-12-17)22(29)19-10-25-13-26-23(19)27-18-7-16(20(28)9-18)11-32-34(24,30)31;24-34(30,31)32-12-17-9-18(10-20(17)28)27-23-19(11-25-14-26-23)22(29)21-8-16(13-33-21)7-6-15-4-2-1-3-5-15;23-15-3-1-2-12(5-15)4-13-7-19(34-21(13)24)20(30)17-9-26-11-27-22(17)28-16-6-14(18(29)8-16)10-33-35(25,31)32;1-13-15(10-26-4-2-3-25-26)8-20(32-13)21(28)17-9-23-12-24-18(17)6-14-5-16(19(27)7-14)11-31-33(22,29)30;;/h2-6,8,10,12-14,16,18,20,28H,7,9,11H2,1H3,(H2,24,30,31)(H,25,26,27);1-5,8,11,13-14,17-18,20,28H,6-7,9-10,12H2,(H2,24,30,31)(H,25,26,27);1-3,5,7,9,11,14,16,18,29H,4,6,8,10H2,(H2,25,31,32)(H,26,27,28);2-4,8-9,12,14,16,19,27H,5-7,10-11H2,1H3,(H2,22,29,30);2*1H4/t14?,16-,18-,20+;17-,18-,20+;14-,16-,18+;14-,16+,19-;;/m1110../s1. The van der Waals surface area contributed by atoms with Crippen LogP contribution in [0, 0.1) is 36.5 Å². The van der Waals surface area contributed by atoms with Gasteiger partial charge in [-0.2, -0.15) is 38.8 Å². The summed E-state index contributed by atoms with van der Waals surface area (Å²) < 4.78 is 109. The van der Waals surface area contributed by atoms with E-state index in [1.165, 1.54) is 107 Å². The van der Waals surface area contributed by atoms with Gasteiger partial charge in [-0.1, -0.05) is 118 Å². The summed E-state index contributed by atoms with van der Waals surface area (Å²) in [5.74, 6) is -1.14. The molecular formula is C91H107Cl2N17O20S8. The molecule has 0 amide bonds. The van der Waals surface area contributed by atoms with Crippen molar-refractivity contribution < 1.29 is 90.0 Å². The Hall–Kier alpha value is -10.0. The molecule has 16 rings (SSSR count). The SMILES string of the molecule is C.C.CC(c1ccccc1)c1csc(C(=O)c2cncnc2N[C@@H]2C[C@H](COS(N)(=O)=O)[C@@H](O)C2)c1.Cc1sc(C(=O)c2cncnc2C[C@@H]2C[C@H](COS(N)(=O)=O)[C@@H](O)C2)cc1Cn1cccn1.NS(=O)(=O)OC[C@H]1C[C@@H](Nc2ncncc2C(=O)c2cc(CCc3ccccc3)cs2)C[C@@H]1O.NS(=O)(=O)OC[C@H]1C[C@@H](Nc2ncncc2C(=O)c2cc(Cc3cccc(Cl)c3)c(Cl)s2)C[C@@H]1O. The van der Waals surface area contributed by atoms with Crippen LogP contribution < -0.4 is 36.5 Å². The molecule has 47 heteroatoms. The lowest BCUT2D eigenvalue weighted by Crippen LogP contribution is -2.24. The minimum atomic E-state index is -4.10. The number of halogens is 2. The van der Waals surface area contributed by atoms with Crippen LogP contribution in [0.5, 0.6) is 0 Å². The van der Waals surface area contributed by atoms with E-state index in [1.54, 1.807) is 18.3 Å². The topological polar surface area (TPSA) is 584 Å². The van der Waals surface area contributed by atoms with E-state index in [0.717, 1.165) is 45.5 Å². The molecule has 4 aliphatic rings. The van der Waals surface area contributed by atoms with Gasteiger partial charge in [0.1, 0.15) is 42.8 Å². The third-order valence-corrected chi connectivity index (χ3v) is 29.9. The number of carbonyl (C=O) groups is 4. The van der Waals surface area contributed by atoms with Crippen molar-refractivity contribution in [2.75, 3.05) is 42.4 Å². The maximum Gasteiger partial charge on any atom is 0.333 e. The second-order valence-electron chi connectivity index (χ2n) is 33.2. The number of ketones is 4. The third kappa shape index (κ3) is 31.5. The van der Waals surface area contributed by atoms with Gasteiger partial charge in [0.2, 0.25) is 23.1 Å². The van der Waals surface area contributed by atoms with Crippen molar-refractivity contribution in [1.29, 1.82) is 0 Å². The number of thiophene rings is 4. The smallest absolute Gasteiger partial charge is 0.333 e. The minimum absolute atomic E-state index is 0. The quantitative estimate of drug-likeness (QED) is 0.0161. The molecule has 4 saturated carbocycles. The van der Waals surface area contributed by atoms with Gasteiger partial charge in [0.25, 0.3) is 0 Å². The highest BCUT2D eigenvalue weighted by atomic mass is 35.5. The Kier molecular flexibility index (Phi) is 38.8. The number of hydrogen-bond donors (Lipinski definition) is 11. The predicted octanol–water partition coefficient (Wildman–Crippen LogP) is 11.2. The Morgan fingerprint density at radius 2 is 0.899 bits per heavy atom. The van der Waals surface area contributed by atoms with Crippen molar-refractivity contribution in [1.82, 2.24) is 49.7 Å². The number of aliphatic hydroxyl groups excluding tert-OH is 4. The number of nitrogens with two attached hydrogens (primary N) is 4. The summed E-state index contributed by atoms with van der Waals surface area (Å²) in [7, 11) is -16.3. The second-order valence-corrected chi connectivity index (χ2v) is 43.3. The summed E-state index contributed by atoms with van der Waals surface area (Å²) in [5, 5.41) is 79.1. The summed E-state index contributed by atoms with van der Waals surface area (Å²) >= 11 is 17.9. The van der Waals surface area contributed by atoms with Crippen LogP contribution in [-0.4, -0.2) is 196 Å². The molecule has 37 nitrogen and oxygen atoms in total. The number of aliphatic hydroxyl groups is 4. The molecule has 9 heterocycles. The largest absolute Gasteiger partial charge is 0.393 e. The summed E-state index contributed by atoms with van der Waals surface area (Å²) in [4.78, 5) is 89.5. The van der Waals surface area contributed by atoms with Crippen LogP contribution in [0.4, 0.5) is 17.5 Å². The molecule has 138 heavy (non-hydrogen) atoms. The van der Waals surface area contributed by atoms with Gasteiger partial charge < -0.3 is 36.4 Å². The molecule has 0 bridgehead atoms. The minimum Gasteiger partial charge on any atom is -0.393 e. The number of rotatable bonds is 37. The van der Waals surface area contributed by atoms with Gasteiger partial charge in [-0.15, -0.1) is 45.3 Å². The number of aromatic nitrogens is 10. The van der Waals surface area contributed by atoms with E-state index in [4.69, 9.17) is 43.8 Å². The molecule has 3 aromatic carbocycles. The van der Waals surface area contributed by atoms with Gasteiger partial charge >= 0.3 is 41.2 Å². The van der Waals surface area contributed by atoms with Gasteiger partial charge in [-0.3, -0.25) is 40.6 Å². The average molecular weight is 2090 g/mol. The maximum atomic E-state index is 13.3. The third-order valence-electron chi connectivity index (χ3n) is 23.4. The number of nitrogens with one attached hydrogen (secondary N) is 3. The number of hydrogen-bond acceptors (Lipinski definition) is 36. The molecule has 0 radical (unpaired) electrons. The molecule has 738 valence electrons. The lowest BCUT2D eigenvalue weighted by atomic mass is 9.95. The first-order chi connectivity index (χ1) is 64.8. The number of carbonyl (C=O) groups excluding carboxylic acids is 4. The van der Waals surface area contributed by atoms with Crippen LogP contribution in [0.2, 0.25) is 9.36 Å². The first-order valence-electron chi connectivity index (χ1n) is 42.7. The summed E-state index contributed by atoms with van der Waals surface area (Å²) in [6.07, 6.45) is 18.0. The van der Waals surface area contributed by atoms with Crippen molar-refractivity contribution >= 4 is 150 Å². The van der Waals surface area contributed by atoms with Crippen LogP contribution in [0.3, 0.4) is 0 Å². The van der Waals surface area contributed by atoms with Gasteiger partial charge in [0.15, 0.2) is 0 Å². The normalized spacial score (nSPS) is 20.4. The van der Waals surface area contributed by atoms with Crippen molar-refractivity contribution in [2.45, 2.75) is 161 Å². The highest BCUT2D eigenvalue weighted by Gasteiger charge is 2.40. The van der Waals surface area contributed by atoms with E-state index < -0.39 is 83.4 Å². The Morgan fingerprint density at radius 3 is 1.39 bits per heavy atom. The zero-order chi connectivity index (χ0) is 97.2. The Balaban J connectivity index is 0.000000176. The summed E-state index contributed by atoms with van der Waals surface area (Å²) in [6.45, 7) is 3.87. The Labute approximate surface area is 826 Å². The molecular weight excluding hydrogens is 1980 g/mol. The highest BCUT2D eigenvalue weighted by Crippen LogP contribution is 2.40. The molecule has 13 atom stereocenters. The molecule has 9 aromatic heterocycles. The highest BCUT2D eigenvalue weighted by molar-refractivity contribution is 7.85. The fourth-order valence-electron chi connectivity index (χ4n) is 16.5. The lowest BCUT2D eigenvalue weighted by molar-refractivity contribution is 0.0998. The van der Waals surface area contributed by atoms with Crippen LogP contribution in [0.1, 0.15) is 190 Å². The van der Waals surface area contributed by atoms with Crippen LogP contribution in [0.15, 0.2) is 189 Å². The van der Waals surface area contributed by atoms with E-state index in [9.17, 15) is 73.3 Å². The number of anilines is 3. The van der Waals surface area contributed by atoms with E-state index >= 15 is 0 Å². The van der Waals surface area contributed by atoms with Gasteiger partial charge in [0, 0.05) is 94.8 Å². The van der Waals surface area contributed by atoms with Gasteiger partial charge in [-0.25, -0.2) is 60.4 Å². The zero-order valence-corrected chi connectivity index (χ0v) is 81.1. The van der Waals surface area contributed by atoms with Gasteiger partial charge in [0.05, 0.1) is 109 Å². The van der Waals surface area contributed by atoms with Crippen molar-refractivity contribution in [2.24, 2.45) is 50.1 Å². The number of aryl methyl sites for hydroxylation is 3. The zero-order valence-electron chi connectivity index (χ0n) is 73.0. The molecule has 1 unspecified atom stereocenters. The number of nitrogens with zero attached hydrogens (tertiary/aromatic N) is 10.